The lowest BCUT2D eigenvalue weighted by Crippen LogP contribution is -2.07. The van der Waals surface area contributed by atoms with Crippen LogP contribution in [0.15, 0.2) is 17.0 Å². The molecule has 0 aromatic carbocycles. The Morgan fingerprint density at radius 2 is 2.13 bits per heavy atom. The number of esters is 1. The first-order chi connectivity index (χ1) is 6.84. The quantitative estimate of drug-likeness (QED) is 0.345. The number of methoxy groups -OCH3 is 1. The smallest absolute Gasteiger partial charge is 0.356 e. The average molecular weight is 362 g/mol. The van der Waals surface area contributed by atoms with Gasteiger partial charge >= 0.3 is 5.97 Å². The topological polar surface area (TPSA) is 73.3 Å². The molecular formula is C7H5ClINO4S. The summed E-state index contributed by atoms with van der Waals surface area (Å²) in [6.07, 6.45) is 0. The minimum Gasteiger partial charge on any atom is -0.464 e. The van der Waals surface area contributed by atoms with Gasteiger partial charge in [0, 0.05) is 10.7 Å². The summed E-state index contributed by atoms with van der Waals surface area (Å²) >= 11 is 1.78. The van der Waals surface area contributed by atoms with Crippen LogP contribution in [0.5, 0.6) is 0 Å². The number of carbonyl (C=O) groups is 1. The summed E-state index contributed by atoms with van der Waals surface area (Å²) < 4.78 is 26.8. The van der Waals surface area contributed by atoms with Gasteiger partial charge in [-0.05, 0) is 34.7 Å². The van der Waals surface area contributed by atoms with E-state index in [2.05, 4.69) is 9.72 Å². The van der Waals surface area contributed by atoms with Crippen molar-refractivity contribution in [3.05, 3.63) is 21.5 Å². The van der Waals surface area contributed by atoms with Crippen LogP contribution in [0.3, 0.4) is 0 Å². The van der Waals surface area contributed by atoms with Gasteiger partial charge in [-0.2, -0.15) is 0 Å². The molecule has 8 heteroatoms. The second-order valence-electron chi connectivity index (χ2n) is 2.44. The van der Waals surface area contributed by atoms with Crippen LogP contribution in [0.4, 0.5) is 0 Å². The summed E-state index contributed by atoms with van der Waals surface area (Å²) in [5.41, 5.74) is -0.0939. The Kier molecular flexibility index (Phi) is 3.90. The standard InChI is InChI=1S/C7H5ClINO4S/c1-14-7(11)5-2-4(15(8,12)13)3-6(9)10-5/h2-3H,1H3. The van der Waals surface area contributed by atoms with Gasteiger partial charge in [0.05, 0.1) is 12.0 Å². The lowest BCUT2D eigenvalue weighted by atomic mass is 10.3. The van der Waals surface area contributed by atoms with Crippen molar-refractivity contribution in [3.8, 4) is 0 Å². The molecule has 0 aliphatic carbocycles. The van der Waals surface area contributed by atoms with Gasteiger partial charge < -0.3 is 4.74 Å². The molecule has 1 aromatic heterocycles. The third-order valence-electron chi connectivity index (χ3n) is 1.44. The molecule has 0 aliphatic heterocycles. The van der Waals surface area contributed by atoms with Crippen molar-refractivity contribution in [1.29, 1.82) is 0 Å². The summed E-state index contributed by atoms with van der Waals surface area (Å²) in [4.78, 5) is 14.7. The number of ether oxygens (including phenoxy) is 1. The number of aromatic nitrogens is 1. The van der Waals surface area contributed by atoms with Gasteiger partial charge in [-0.1, -0.05) is 0 Å². The first kappa shape index (κ1) is 12.7. The predicted molar refractivity (Wildman–Crippen MR) is 61.3 cm³/mol. The number of nitrogens with zero attached hydrogens (tertiary/aromatic N) is 1. The highest BCUT2D eigenvalue weighted by molar-refractivity contribution is 14.1. The molecule has 0 unspecified atom stereocenters. The monoisotopic (exact) mass is 361 g/mol. The molecule has 0 saturated heterocycles. The van der Waals surface area contributed by atoms with Crippen LogP contribution in [0.25, 0.3) is 0 Å². The van der Waals surface area contributed by atoms with Crippen molar-refractivity contribution < 1.29 is 17.9 Å². The Bertz CT molecular complexity index is 502. The molecule has 1 aromatic rings. The SMILES string of the molecule is COC(=O)c1cc(S(=O)(=O)Cl)cc(I)n1. The summed E-state index contributed by atoms with van der Waals surface area (Å²) in [6, 6.07) is 2.33. The Balaban J connectivity index is 3.35. The van der Waals surface area contributed by atoms with E-state index in [0.29, 0.717) is 3.70 Å². The van der Waals surface area contributed by atoms with Crippen molar-refractivity contribution in [1.82, 2.24) is 4.98 Å². The van der Waals surface area contributed by atoms with Crippen molar-refractivity contribution >= 4 is 48.3 Å². The van der Waals surface area contributed by atoms with Crippen molar-refractivity contribution in [2.75, 3.05) is 7.11 Å². The molecule has 0 amide bonds. The number of pyridine rings is 1. The molecule has 1 heterocycles. The van der Waals surface area contributed by atoms with E-state index in [1.165, 1.54) is 13.2 Å². The van der Waals surface area contributed by atoms with Gasteiger partial charge in [0.15, 0.2) is 5.69 Å². The molecule has 15 heavy (non-hydrogen) atoms. The highest BCUT2D eigenvalue weighted by atomic mass is 127. The van der Waals surface area contributed by atoms with Crippen LogP contribution in [0.2, 0.25) is 0 Å². The molecule has 82 valence electrons. The Morgan fingerprint density at radius 1 is 1.53 bits per heavy atom. The molecule has 0 radical (unpaired) electrons. The maximum absolute atomic E-state index is 11.1. The van der Waals surface area contributed by atoms with Crippen LogP contribution in [-0.4, -0.2) is 26.5 Å². The Hall–Kier alpha value is -0.410. The zero-order valence-corrected chi connectivity index (χ0v) is 11.1. The number of hydrogen-bond acceptors (Lipinski definition) is 5. The molecule has 0 fully saturated rings. The van der Waals surface area contributed by atoms with E-state index >= 15 is 0 Å². The third-order valence-corrected chi connectivity index (χ3v) is 3.33. The van der Waals surface area contributed by atoms with Crippen LogP contribution >= 0.6 is 33.3 Å². The van der Waals surface area contributed by atoms with E-state index in [1.54, 1.807) is 22.6 Å². The maximum atomic E-state index is 11.1. The Morgan fingerprint density at radius 3 is 2.60 bits per heavy atom. The van der Waals surface area contributed by atoms with Gasteiger partial charge in [-0.25, -0.2) is 18.2 Å². The average Bonchev–Trinajstić information content (AvgIpc) is 2.14. The molecule has 0 bridgehead atoms. The predicted octanol–water partition coefficient (Wildman–Crippen LogP) is 1.40. The van der Waals surface area contributed by atoms with E-state index in [-0.39, 0.29) is 10.6 Å². The van der Waals surface area contributed by atoms with Crippen LogP contribution in [0, 0.1) is 3.70 Å². The number of hydrogen-bond donors (Lipinski definition) is 0. The van der Waals surface area contributed by atoms with Crippen LogP contribution in [-0.2, 0) is 13.8 Å². The summed E-state index contributed by atoms with van der Waals surface area (Å²) in [5.74, 6) is -0.713. The van der Waals surface area contributed by atoms with Crippen molar-refractivity contribution in [2.24, 2.45) is 0 Å². The zero-order valence-electron chi connectivity index (χ0n) is 7.40. The first-order valence-electron chi connectivity index (χ1n) is 3.55. The minimum absolute atomic E-state index is 0.0939. The molecular weight excluding hydrogens is 357 g/mol. The molecule has 0 aliphatic rings. The van der Waals surface area contributed by atoms with Gasteiger partial charge in [0.2, 0.25) is 0 Å². The largest absolute Gasteiger partial charge is 0.464 e. The number of halogens is 2. The third kappa shape index (κ3) is 3.28. The van der Waals surface area contributed by atoms with E-state index in [9.17, 15) is 13.2 Å². The maximum Gasteiger partial charge on any atom is 0.356 e. The Labute approximate surface area is 104 Å². The molecule has 0 spiro atoms. The normalized spacial score (nSPS) is 11.1. The number of carbonyl (C=O) groups excluding carboxylic acids is 1. The number of rotatable bonds is 2. The fourth-order valence-electron chi connectivity index (χ4n) is 0.823. The summed E-state index contributed by atoms with van der Waals surface area (Å²) in [6.45, 7) is 0. The lowest BCUT2D eigenvalue weighted by Gasteiger charge is -2.01. The minimum atomic E-state index is -3.87. The molecule has 1 rings (SSSR count). The van der Waals surface area contributed by atoms with E-state index < -0.39 is 15.0 Å². The van der Waals surface area contributed by atoms with Crippen LogP contribution < -0.4 is 0 Å². The van der Waals surface area contributed by atoms with Gasteiger partial charge in [-0.15, -0.1) is 0 Å². The van der Waals surface area contributed by atoms with Gasteiger partial charge in [0.25, 0.3) is 9.05 Å². The summed E-state index contributed by atoms with van der Waals surface area (Å²) in [5, 5.41) is 0. The molecule has 5 nitrogen and oxygen atoms in total. The van der Waals surface area contributed by atoms with Crippen LogP contribution in [0.1, 0.15) is 10.5 Å². The second-order valence-corrected chi connectivity index (χ2v) is 6.11. The fourth-order valence-corrected chi connectivity index (χ4v) is 2.40. The summed E-state index contributed by atoms with van der Waals surface area (Å²) in [7, 11) is 2.45. The van der Waals surface area contributed by atoms with E-state index in [4.69, 9.17) is 10.7 Å². The van der Waals surface area contributed by atoms with E-state index in [1.807, 2.05) is 0 Å². The van der Waals surface area contributed by atoms with Crippen molar-refractivity contribution in [2.45, 2.75) is 4.90 Å². The highest BCUT2D eigenvalue weighted by Crippen LogP contribution is 2.18. The molecule has 0 atom stereocenters. The highest BCUT2D eigenvalue weighted by Gasteiger charge is 2.16. The zero-order chi connectivity index (χ0) is 11.6. The molecule has 0 saturated carbocycles. The first-order valence-corrected chi connectivity index (χ1v) is 6.94. The lowest BCUT2D eigenvalue weighted by molar-refractivity contribution is 0.0593. The van der Waals surface area contributed by atoms with E-state index in [0.717, 1.165) is 6.07 Å². The molecule has 0 N–H and O–H groups in total. The second kappa shape index (κ2) is 4.62. The van der Waals surface area contributed by atoms with Gasteiger partial charge in [0.1, 0.15) is 3.70 Å². The fraction of sp³-hybridized carbons (Fsp3) is 0.143. The van der Waals surface area contributed by atoms with Gasteiger partial charge in [-0.3, -0.25) is 0 Å². The van der Waals surface area contributed by atoms with Crippen molar-refractivity contribution in [3.63, 3.8) is 0 Å².